The molecule has 108 valence electrons. The quantitative estimate of drug-likeness (QED) is 0.487. The summed E-state index contributed by atoms with van der Waals surface area (Å²) in [6.45, 7) is 0. The molecule has 0 spiro atoms. The average molecular weight is 274 g/mol. The van der Waals surface area contributed by atoms with Crippen LogP contribution < -0.4 is 11.3 Å². The number of carbonyl (C=O) groups excluding carboxylic acids is 1. The molecule has 0 saturated heterocycles. The van der Waals surface area contributed by atoms with E-state index >= 15 is 0 Å². The van der Waals surface area contributed by atoms with Gasteiger partial charge in [-0.2, -0.15) is 5.10 Å². The molecule has 0 aromatic carbocycles. The second-order valence-electron chi connectivity index (χ2n) is 7.20. The number of nitrogens with one attached hydrogen (secondary N) is 1. The van der Waals surface area contributed by atoms with Crippen LogP contribution >= 0.6 is 0 Å². The van der Waals surface area contributed by atoms with Gasteiger partial charge in [0.25, 0.3) is 5.91 Å². The summed E-state index contributed by atoms with van der Waals surface area (Å²) in [4.78, 5) is 12.1. The summed E-state index contributed by atoms with van der Waals surface area (Å²) in [5, 5.41) is 4.34. The van der Waals surface area contributed by atoms with Crippen molar-refractivity contribution in [2.45, 2.75) is 43.9 Å². The Bertz CT molecular complexity index is 527. The fraction of sp³-hybridized carbons (Fsp3) is 0.733. The van der Waals surface area contributed by atoms with Gasteiger partial charge >= 0.3 is 0 Å². The highest BCUT2D eigenvalue weighted by atomic mass is 16.2. The number of nitrogens with two attached hydrogens (primary N) is 1. The summed E-state index contributed by atoms with van der Waals surface area (Å²) >= 11 is 0. The van der Waals surface area contributed by atoms with Crippen LogP contribution in [-0.4, -0.2) is 15.7 Å². The second-order valence-corrected chi connectivity index (χ2v) is 7.20. The Kier molecular flexibility index (Phi) is 2.52. The van der Waals surface area contributed by atoms with E-state index in [1.165, 1.54) is 38.5 Å². The summed E-state index contributed by atoms with van der Waals surface area (Å²) in [7, 11) is 1.83. The lowest BCUT2D eigenvalue weighted by molar-refractivity contribution is -0.00560. The van der Waals surface area contributed by atoms with Gasteiger partial charge in [-0.15, -0.1) is 0 Å². The molecule has 5 rings (SSSR count). The van der Waals surface area contributed by atoms with E-state index in [4.69, 9.17) is 5.84 Å². The molecule has 0 atom stereocenters. The Morgan fingerprint density at radius 3 is 2.35 bits per heavy atom. The first kappa shape index (κ1) is 12.4. The maximum Gasteiger partial charge on any atom is 0.283 e. The zero-order valence-corrected chi connectivity index (χ0v) is 11.9. The van der Waals surface area contributed by atoms with Crippen molar-refractivity contribution >= 4 is 5.91 Å². The van der Waals surface area contributed by atoms with E-state index < -0.39 is 0 Å². The predicted molar refractivity (Wildman–Crippen MR) is 74.7 cm³/mol. The van der Waals surface area contributed by atoms with Gasteiger partial charge in [0.2, 0.25) is 0 Å². The molecule has 1 aromatic rings. The molecule has 1 amide bonds. The molecule has 0 unspecified atom stereocenters. The summed E-state index contributed by atoms with van der Waals surface area (Å²) < 4.78 is 1.68. The Labute approximate surface area is 118 Å². The molecule has 4 aliphatic carbocycles. The number of nitrogens with zero attached hydrogens (tertiary/aromatic N) is 2. The van der Waals surface area contributed by atoms with Gasteiger partial charge in [0.15, 0.2) is 0 Å². The van der Waals surface area contributed by atoms with Crippen molar-refractivity contribution in [3.8, 4) is 0 Å². The SMILES string of the molecule is Cn1ncc(C23CC4CC(CC(C4)C2)C3)c1C(=O)NN. The molecular formula is C15H22N4O. The van der Waals surface area contributed by atoms with Gasteiger partial charge in [0.05, 0.1) is 6.20 Å². The minimum Gasteiger partial charge on any atom is -0.289 e. The van der Waals surface area contributed by atoms with E-state index in [9.17, 15) is 4.79 Å². The minimum absolute atomic E-state index is 0.185. The van der Waals surface area contributed by atoms with E-state index in [1.807, 2.05) is 13.2 Å². The largest absolute Gasteiger partial charge is 0.289 e. The van der Waals surface area contributed by atoms with Crippen molar-refractivity contribution in [2.75, 3.05) is 0 Å². The number of carbonyl (C=O) groups is 1. The van der Waals surface area contributed by atoms with Crippen LogP contribution in [0.5, 0.6) is 0 Å². The number of rotatable bonds is 2. The van der Waals surface area contributed by atoms with Crippen LogP contribution in [0.2, 0.25) is 0 Å². The molecule has 20 heavy (non-hydrogen) atoms. The van der Waals surface area contributed by atoms with Gasteiger partial charge in [-0.05, 0) is 56.3 Å². The lowest BCUT2D eigenvalue weighted by Gasteiger charge is -2.56. The monoisotopic (exact) mass is 274 g/mol. The van der Waals surface area contributed by atoms with Crippen molar-refractivity contribution in [3.05, 3.63) is 17.5 Å². The number of hydrogen-bond donors (Lipinski definition) is 2. The first-order valence-corrected chi connectivity index (χ1v) is 7.65. The highest BCUT2D eigenvalue weighted by molar-refractivity contribution is 5.94. The number of aromatic nitrogens is 2. The second kappa shape index (κ2) is 4.07. The fourth-order valence-electron chi connectivity index (χ4n) is 5.60. The lowest BCUT2D eigenvalue weighted by atomic mass is 9.48. The molecule has 3 N–H and O–H groups in total. The third-order valence-electron chi connectivity index (χ3n) is 5.89. The molecule has 0 radical (unpaired) electrons. The zero-order chi connectivity index (χ0) is 13.9. The van der Waals surface area contributed by atoms with Crippen molar-refractivity contribution < 1.29 is 4.79 Å². The molecule has 5 nitrogen and oxygen atoms in total. The molecule has 4 saturated carbocycles. The summed E-state index contributed by atoms with van der Waals surface area (Å²) in [5.74, 6) is 7.71. The number of nitrogen functional groups attached to an aromatic ring is 1. The Morgan fingerprint density at radius 1 is 1.30 bits per heavy atom. The van der Waals surface area contributed by atoms with E-state index in [-0.39, 0.29) is 11.3 Å². The number of aryl methyl sites for hydroxylation is 1. The van der Waals surface area contributed by atoms with Crippen LogP contribution in [0, 0.1) is 17.8 Å². The van der Waals surface area contributed by atoms with Gasteiger partial charge in [-0.3, -0.25) is 14.9 Å². The van der Waals surface area contributed by atoms with Gasteiger partial charge in [-0.1, -0.05) is 0 Å². The van der Waals surface area contributed by atoms with Crippen LogP contribution in [0.4, 0.5) is 0 Å². The van der Waals surface area contributed by atoms with E-state index in [2.05, 4.69) is 10.5 Å². The lowest BCUT2D eigenvalue weighted by Crippen LogP contribution is -2.49. The fourth-order valence-corrected chi connectivity index (χ4v) is 5.60. The molecule has 0 aliphatic heterocycles. The maximum atomic E-state index is 12.1. The molecule has 1 heterocycles. The molecule has 1 aromatic heterocycles. The highest BCUT2D eigenvalue weighted by Crippen LogP contribution is 2.61. The summed E-state index contributed by atoms with van der Waals surface area (Å²) in [6, 6.07) is 0. The normalized spacial score (nSPS) is 38.2. The number of amides is 1. The molecule has 5 heteroatoms. The first-order chi connectivity index (χ1) is 9.61. The zero-order valence-electron chi connectivity index (χ0n) is 11.9. The third-order valence-corrected chi connectivity index (χ3v) is 5.89. The van der Waals surface area contributed by atoms with E-state index in [0.717, 1.165) is 23.3 Å². The van der Waals surface area contributed by atoms with Gasteiger partial charge in [0.1, 0.15) is 5.69 Å². The Balaban J connectivity index is 1.79. The van der Waals surface area contributed by atoms with Gasteiger partial charge in [0, 0.05) is 18.0 Å². The van der Waals surface area contributed by atoms with E-state index in [1.54, 1.807) is 4.68 Å². The standard InChI is InChI=1S/C15H22N4O/c1-19-13(14(20)18-16)12(8-17-19)15-5-9-2-10(6-15)4-11(3-9)7-15/h8-11H,2-7,16H2,1H3,(H,18,20). The minimum atomic E-state index is -0.212. The van der Waals surface area contributed by atoms with E-state index in [0.29, 0.717) is 5.69 Å². The van der Waals surface area contributed by atoms with Crippen molar-refractivity contribution in [1.29, 1.82) is 0 Å². The highest BCUT2D eigenvalue weighted by Gasteiger charge is 2.53. The van der Waals surface area contributed by atoms with Crippen molar-refractivity contribution in [3.63, 3.8) is 0 Å². The van der Waals surface area contributed by atoms with Crippen LogP contribution in [0.3, 0.4) is 0 Å². The Morgan fingerprint density at radius 2 is 1.85 bits per heavy atom. The maximum absolute atomic E-state index is 12.1. The van der Waals surface area contributed by atoms with Crippen molar-refractivity contribution in [2.24, 2.45) is 30.6 Å². The number of hydrazine groups is 1. The smallest absolute Gasteiger partial charge is 0.283 e. The van der Waals surface area contributed by atoms with Crippen LogP contribution in [0.1, 0.15) is 54.6 Å². The average Bonchev–Trinajstić information content (AvgIpc) is 2.79. The van der Waals surface area contributed by atoms with Crippen molar-refractivity contribution in [1.82, 2.24) is 15.2 Å². The summed E-state index contributed by atoms with van der Waals surface area (Å²) in [5.41, 5.74) is 4.27. The number of hydrogen-bond acceptors (Lipinski definition) is 3. The first-order valence-electron chi connectivity index (χ1n) is 7.65. The van der Waals surface area contributed by atoms with Crippen LogP contribution in [0.25, 0.3) is 0 Å². The third kappa shape index (κ3) is 1.59. The van der Waals surface area contributed by atoms with Gasteiger partial charge in [-0.25, -0.2) is 5.84 Å². The predicted octanol–water partition coefficient (Wildman–Crippen LogP) is 1.49. The Hall–Kier alpha value is -1.36. The van der Waals surface area contributed by atoms with Crippen LogP contribution in [-0.2, 0) is 12.5 Å². The molecule has 4 bridgehead atoms. The summed E-state index contributed by atoms with van der Waals surface area (Å²) in [6.07, 6.45) is 9.81. The molecule has 4 fully saturated rings. The van der Waals surface area contributed by atoms with Gasteiger partial charge < -0.3 is 0 Å². The van der Waals surface area contributed by atoms with Crippen LogP contribution in [0.15, 0.2) is 6.20 Å². The topological polar surface area (TPSA) is 72.9 Å². The molecule has 4 aliphatic rings. The molecular weight excluding hydrogens is 252 g/mol.